The van der Waals surface area contributed by atoms with Crippen molar-refractivity contribution in [3.63, 3.8) is 0 Å². The molecule has 0 aliphatic rings. The third-order valence-electron chi connectivity index (χ3n) is 5.46. The van der Waals surface area contributed by atoms with Crippen LogP contribution in [0.4, 0.5) is 0 Å². The zero-order chi connectivity index (χ0) is 27.3. The van der Waals surface area contributed by atoms with Gasteiger partial charge in [-0.05, 0) is 73.5 Å². The lowest BCUT2D eigenvalue weighted by atomic mass is 9.92. The van der Waals surface area contributed by atoms with Crippen molar-refractivity contribution in [3.8, 4) is 22.6 Å². The molecule has 1 heterocycles. The Bertz CT molecular complexity index is 1280. The molecule has 0 amide bonds. The maximum Gasteiger partial charge on any atom is 0.340 e. The number of aromatic nitrogens is 1. The van der Waals surface area contributed by atoms with Crippen molar-refractivity contribution >= 4 is 51.1 Å². The summed E-state index contributed by atoms with van der Waals surface area (Å²) < 4.78 is 22.8. The fourth-order valence-corrected chi connectivity index (χ4v) is 4.93. The highest BCUT2D eigenvalue weighted by Crippen LogP contribution is 2.43. The number of ether oxygens (including phenoxy) is 4. The van der Waals surface area contributed by atoms with Gasteiger partial charge in [0.15, 0.2) is 11.5 Å². The summed E-state index contributed by atoms with van der Waals surface area (Å²) >= 11 is 16.1. The second-order valence-corrected chi connectivity index (χ2v) is 9.50. The molecule has 3 rings (SSSR count). The van der Waals surface area contributed by atoms with E-state index in [0.29, 0.717) is 54.1 Å². The Morgan fingerprint density at radius 2 is 1.49 bits per heavy atom. The molecule has 10 heteroatoms. The maximum absolute atomic E-state index is 13.0. The highest BCUT2D eigenvalue weighted by atomic mass is 79.9. The average molecular weight is 611 g/mol. The average Bonchev–Trinajstić information content (AvgIpc) is 2.83. The minimum Gasteiger partial charge on any atom is -0.493 e. The fourth-order valence-electron chi connectivity index (χ4n) is 3.86. The van der Waals surface area contributed by atoms with E-state index in [1.54, 1.807) is 58.0 Å². The number of rotatable bonds is 9. The number of carbonyl (C=O) groups excluding carboxylic acids is 2. The second kappa shape index (κ2) is 12.6. The first-order chi connectivity index (χ1) is 17.6. The van der Waals surface area contributed by atoms with Crippen LogP contribution in [0, 0.1) is 13.8 Å². The number of hydrogen-bond acceptors (Lipinski definition) is 7. The van der Waals surface area contributed by atoms with Crippen LogP contribution < -0.4 is 9.47 Å². The van der Waals surface area contributed by atoms with Gasteiger partial charge in [-0.25, -0.2) is 9.59 Å². The molecule has 2 aromatic carbocycles. The van der Waals surface area contributed by atoms with Crippen LogP contribution in [0.5, 0.6) is 11.5 Å². The van der Waals surface area contributed by atoms with Crippen LogP contribution in [0.3, 0.4) is 0 Å². The van der Waals surface area contributed by atoms with E-state index in [2.05, 4.69) is 20.9 Å². The van der Waals surface area contributed by atoms with E-state index < -0.39 is 11.9 Å². The topological polar surface area (TPSA) is 84.0 Å². The molecule has 0 radical (unpaired) electrons. The summed E-state index contributed by atoms with van der Waals surface area (Å²) in [5.41, 5.74) is 2.64. The molecule has 7 nitrogen and oxygen atoms in total. The van der Waals surface area contributed by atoms with E-state index >= 15 is 0 Å². The Balaban J connectivity index is 2.21. The van der Waals surface area contributed by atoms with Gasteiger partial charge in [0.2, 0.25) is 0 Å². The van der Waals surface area contributed by atoms with Crippen molar-refractivity contribution in [2.24, 2.45) is 0 Å². The van der Waals surface area contributed by atoms with Crippen LogP contribution in [0.1, 0.15) is 51.5 Å². The molecular formula is C27H26BrCl2NO6. The molecule has 0 unspecified atom stereocenters. The molecule has 3 aromatic rings. The minimum absolute atomic E-state index is 0.0858. The highest BCUT2D eigenvalue weighted by molar-refractivity contribution is 9.10. The summed E-state index contributed by atoms with van der Waals surface area (Å²) in [4.78, 5) is 30.5. The van der Waals surface area contributed by atoms with Crippen molar-refractivity contribution in [3.05, 3.63) is 72.9 Å². The van der Waals surface area contributed by atoms with Crippen LogP contribution in [0.25, 0.3) is 11.1 Å². The summed E-state index contributed by atoms with van der Waals surface area (Å²) in [6.45, 7) is 7.19. The Kier molecular flexibility index (Phi) is 9.81. The lowest BCUT2D eigenvalue weighted by Gasteiger charge is -2.20. The third-order valence-corrected chi connectivity index (χ3v) is 6.76. The number of nitrogens with zero attached hydrogens (tertiary/aromatic N) is 1. The number of esters is 2. The first kappa shape index (κ1) is 28.8. The van der Waals surface area contributed by atoms with Crippen LogP contribution in [-0.4, -0.2) is 37.2 Å². The smallest absolute Gasteiger partial charge is 0.340 e. The summed E-state index contributed by atoms with van der Waals surface area (Å²) in [6, 6.07) is 8.60. The number of aryl methyl sites for hydroxylation is 2. The second-order valence-electron chi connectivity index (χ2n) is 7.83. The third kappa shape index (κ3) is 6.20. The quantitative estimate of drug-likeness (QED) is 0.234. The molecule has 196 valence electrons. The molecule has 37 heavy (non-hydrogen) atoms. The van der Waals surface area contributed by atoms with E-state index in [-0.39, 0.29) is 30.9 Å². The van der Waals surface area contributed by atoms with Gasteiger partial charge in [-0.1, -0.05) is 29.3 Å². The number of halogens is 3. The normalized spacial score (nSPS) is 10.7. The summed E-state index contributed by atoms with van der Waals surface area (Å²) in [5, 5.41) is 0.945. The van der Waals surface area contributed by atoms with E-state index in [1.165, 1.54) is 7.11 Å². The van der Waals surface area contributed by atoms with Crippen molar-refractivity contribution in [2.75, 3.05) is 20.3 Å². The molecule has 0 atom stereocenters. The molecule has 0 spiro atoms. The largest absolute Gasteiger partial charge is 0.493 e. The van der Waals surface area contributed by atoms with Crippen molar-refractivity contribution in [2.45, 2.75) is 34.3 Å². The molecule has 0 bridgehead atoms. The van der Waals surface area contributed by atoms with E-state index in [1.807, 2.05) is 0 Å². The molecule has 0 fully saturated rings. The SMILES string of the molecule is CCOC(=O)c1c(C)nc(C)c(C(=O)OCC)c1-c1cc(Br)c(OCc2c(Cl)cccc2Cl)c(OC)c1. The number of pyridine rings is 1. The molecular weight excluding hydrogens is 585 g/mol. The van der Waals surface area contributed by atoms with Gasteiger partial charge in [-0.2, -0.15) is 0 Å². The zero-order valence-electron chi connectivity index (χ0n) is 21.0. The van der Waals surface area contributed by atoms with E-state index in [0.717, 1.165) is 0 Å². The molecule has 0 saturated heterocycles. The van der Waals surface area contributed by atoms with Crippen LogP contribution in [-0.2, 0) is 16.1 Å². The summed E-state index contributed by atoms with van der Waals surface area (Å²) in [6.07, 6.45) is 0. The standard InChI is InChI=1S/C27H26BrCl2NO6/c1-6-35-26(32)22-14(3)31-15(4)23(27(33)36-7-2)24(22)16-11-18(28)25(21(12-16)34-5)37-13-17-19(29)9-8-10-20(17)30/h8-12H,6-7,13H2,1-5H3. The van der Waals surface area contributed by atoms with Crippen molar-refractivity contribution in [1.82, 2.24) is 4.98 Å². The molecule has 0 saturated carbocycles. The fraction of sp³-hybridized carbons (Fsp3) is 0.296. The lowest BCUT2D eigenvalue weighted by Crippen LogP contribution is -2.17. The number of hydrogen-bond donors (Lipinski definition) is 0. The number of carbonyl (C=O) groups is 2. The lowest BCUT2D eigenvalue weighted by molar-refractivity contribution is 0.0525. The number of methoxy groups -OCH3 is 1. The zero-order valence-corrected chi connectivity index (χ0v) is 24.1. The van der Waals surface area contributed by atoms with Gasteiger partial charge in [0.05, 0.1) is 47.3 Å². The van der Waals surface area contributed by atoms with Gasteiger partial charge < -0.3 is 18.9 Å². The Hall–Kier alpha value is -2.81. The Labute approximate surface area is 234 Å². The predicted molar refractivity (Wildman–Crippen MR) is 146 cm³/mol. The Morgan fingerprint density at radius 1 is 0.946 bits per heavy atom. The van der Waals surface area contributed by atoms with Gasteiger partial charge in [0.25, 0.3) is 0 Å². The number of benzene rings is 2. The maximum atomic E-state index is 13.0. The molecule has 1 aromatic heterocycles. The first-order valence-corrected chi connectivity index (χ1v) is 13.0. The monoisotopic (exact) mass is 609 g/mol. The molecule has 0 N–H and O–H groups in total. The van der Waals surface area contributed by atoms with Crippen molar-refractivity contribution < 1.29 is 28.5 Å². The molecule has 0 aliphatic carbocycles. The van der Waals surface area contributed by atoms with Gasteiger partial charge in [-0.3, -0.25) is 4.98 Å². The predicted octanol–water partition coefficient (Wildman–Crippen LogP) is 7.38. The van der Waals surface area contributed by atoms with Crippen LogP contribution >= 0.6 is 39.1 Å². The Morgan fingerprint density at radius 3 is 1.97 bits per heavy atom. The first-order valence-electron chi connectivity index (χ1n) is 11.4. The van der Waals surface area contributed by atoms with Crippen molar-refractivity contribution in [1.29, 1.82) is 0 Å². The van der Waals surface area contributed by atoms with Gasteiger partial charge in [-0.15, -0.1) is 0 Å². The van der Waals surface area contributed by atoms with Gasteiger partial charge >= 0.3 is 11.9 Å². The summed E-state index contributed by atoms with van der Waals surface area (Å²) in [7, 11) is 1.49. The van der Waals surface area contributed by atoms with Gasteiger partial charge in [0, 0.05) is 21.2 Å². The van der Waals surface area contributed by atoms with Gasteiger partial charge in [0.1, 0.15) is 6.61 Å². The van der Waals surface area contributed by atoms with Crippen LogP contribution in [0.2, 0.25) is 10.0 Å². The highest BCUT2D eigenvalue weighted by Gasteiger charge is 2.29. The summed E-state index contributed by atoms with van der Waals surface area (Å²) in [5.74, 6) is -0.460. The molecule has 0 aliphatic heterocycles. The van der Waals surface area contributed by atoms with E-state index in [9.17, 15) is 9.59 Å². The van der Waals surface area contributed by atoms with E-state index in [4.69, 9.17) is 42.1 Å². The minimum atomic E-state index is -0.600. The van der Waals surface area contributed by atoms with Crippen LogP contribution in [0.15, 0.2) is 34.8 Å².